The second-order valence-corrected chi connectivity index (χ2v) is 6.84. The molecule has 2 N–H and O–H groups in total. The van der Waals surface area contributed by atoms with Crippen LogP contribution in [0.1, 0.15) is 32.3 Å². The molecule has 1 aliphatic heterocycles. The molecule has 1 fully saturated rings. The first-order valence-electron chi connectivity index (χ1n) is 7.36. The second-order valence-electron chi connectivity index (χ2n) is 5.61. The molecule has 1 saturated heterocycles. The molecule has 0 atom stereocenters. The minimum absolute atomic E-state index is 0.0107. The third kappa shape index (κ3) is 4.84. The lowest BCUT2D eigenvalue weighted by molar-refractivity contribution is -0.118. The van der Waals surface area contributed by atoms with Crippen molar-refractivity contribution < 1.29 is 4.79 Å². The Labute approximate surface area is 125 Å². The molecule has 110 valence electrons. The molecule has 0 saturated carbocycles. The van der Waals surface area contributed by atoms with Gasteiger partial charge in [0.1, 0.15) is 0 Å². The monoisotopic (exact) mass is 292 g/mol. The van der Waals surface area contributed by atoms with Crippen LogP contribution < -0.4 is 10.6 Å². The molecule has 1 amide bonds. The highest BCUT2D eigenvalue weighted by Gasteiger charge is 2.13. The molecule has 1 aromatic rings. The molecule has 0 aromatic heterocycles. The van der Waals surface area contributed by atoms with Gasteiger partial charge in [-0.3, -0.25) is 4.79 Å². The maximum Gasteiger partial charge on any atom is 0.226 e. The van der Waals surface area contributed by atoms with Crippen LogP contribution in [0.2, 0.25) is 0 Å². The highest BCUT2D eigenvalue weighted by atomic mass is 32.2. The fourth-order valence-electron chi connectivity index (χ4n) is 2.21. The van der Waals surface area contributed by atoms with E-state index >= 15 is 0 Å². The van der Waals surface area contributed by atoms with Crippen molar-refractivity contribution >= 4 is 23.4 Å². The number of carbonyl (C=O) groups excluding carboxylic acids is 1. The molecule has 1 aliphatic rings. The fraction of sp³-hybridized carbons (Fsp3) is 0.562. The van der Waals surface area contributed by atoms with Gasteiger partial charge < -0.3 is 10.6 Å². The first-order chi connectivity index (χ1) is 9.65. The Balaban J connectivity index is 1.87. The van der Waals surface area contributed by atoms with E-state index in [4.69, 9.17) is 0 Å². The number of amides is 1. The number of anilines is 1. The molecule has 20 heavy (non-hydrogen) atoms. The summed E-state index contributed by atoms with van der Waals surface area (Å²) in [5.74, 6) is 2.61. The van der Waals surface area contributed by atoms with Gasteiger partial charge in [-0.2, -0.15) is 11.8 Å². The minimum atomic E-state index is 0.0107. The lowest BCUT2D eigenvalue weighted by Gasteiger charge is -2.22. The highest BCUT2D eigenvalue weighted by Crippen LogP contribution is 2.18. The van der Waals surface area contributed by atoms with E-state index in [9.17, 15) is 4.79 Å². The zero-order valence-corrected chi connectivity index (χ0v) is 13.1. The van der Waals surface area contributed by atoms with Crippen LogP contribution in [0.4, 0.5) is 5.69 Å². The van der Waals surface area contributed by atoms with Crippen molar-refractivity contribution in [2.24, 2.45) is 5.92 Å². The Morgan fingerprint density at radius 2 is 2.10 bits per heavy atom. The van der Waals surface area contributed by atoms with Crippen molar-refractivity contribution in [1.82, 2.24) is 5.32 Å². The van der Waals surface area contributed by atoms with E-state index in [1.165, 1.54) is 29.9 Å². The van der Waals surface area contributed by atoms with E-state index in [1.807, 2.05) is 37.7 Å². The van der Waals surface area contributed by atoms with E-state index in [0.29, 0.717) is 6.04 Å². The predicted octanol–water partition coefficient (Wildman–Crippen LogP) is 3.27. The van der Waals surface area contributed by atoms with Crippen LogP contribution in [-0.4, -0.2) is 23.5 Å². The third-order valence-corrected chi connectivity index (χ3v) is 4.58. The predicted molar refractivity (Wildman–Crippen MR) is 87.1 cm³/mol. The maximum atomic E-state index is 11.7. The summed E-state index contributed by atoms with van der Waals surface area (Å²) in [6.45, 7) is 4.68. The van der Waals surface area contributed by atoms with Crippen molar-refractivity contribution in [3.05, 3.63) is 29.8 Å². The summed E-state index contributed by atoms with van der Waals surface area (Å²) in [6.07, 6.45) is 2.52. The SMILES string of the molecule is CC(C)C(=O)Nc1cccc(CNC2CCSCC2)c1. The molecule has 0 spiro atoms. The summed E-state index contributed by atoms with van der Waals surface area (Å²) < 4.78 is 0. The van der Waals surface area contributed by atoms with E-state index in [0.717, 1.165) is 12.2 Å². The smallest absolute Gasteiger partial charge is 0.226 e. The van der Waals surface area contributed by atoms with Gasteiger partial charge in [-0.25, -0.2) is 0 Å². The number of hydrogen-bond acceptors (Lipinski definition) is 3. The van der Waals surface area contributed by atoms with E-state index in [2.05, 4.69) is 22.8 Å². The van der Waals surface area contributed by atoms with Gasteiger partial charge in [0.2, 0.25) is 5.91 Å². The van der Waals surface area contributed by atoms with Crippen molar-refractivity contribution in [3.8, 4) is 0 Å². The standard InChI is InChI=1S/C16H24N2OS/c1-12(2)16(19)18-15-5-3-4-13(10-15)11-17-14-6-8-20-9-7-14/h3-5,10,12,14,17H,6-9,11H2,1-2H3,(H,18,19). The van der Waals surface area contributed by atoms with E-state index in [-0.39, 0.29) is 11.8 Å². The summed E-state index contributed by atoms with van der Waals surface area (Å²) in [5.41, 5.74) is 2.12. The van der Waals surface area contributed by atoms with Gasteiger partial charge in [-0.15, -0.1) is 0 Å². The van der Waals surface area contributed by atoms with Crippen molar-refractivity contribution in [3.63, 3.8) is 0 Å². The van der Waals surface area contributed by atoms with Crippen LogP contribution in [0.15, 0.2) is 24.3 Å². The van der Waals surface area contributed by atoms with Crippen LogP contribution in [0.3, 0.4) is 0 Å². The van der Waals surface area contributed by atoms with Gasteiger partial charge in [-0.05, 0) is 42.0 Å². The number of hydrogen-bond donors (Lipinski definition) is 2. The molecule has 2 rings (SSSR count). The summed E-state index contributed by atoms with van der Waals surface area (Å²) in [7, 11) is 0. The molecule has 0 bridgehead atoms. The Kier molecular flexibility index (Phi) is 5.92. The first-order valence-corrected chi connectivity index (χ1v) is 8.51. The molecule has 0 radical (unpaired) electrons. The maximum absolute atomic E-state index is 11.7. The van der Waals surface area contributed by atoms with Gasteiger partial charge in [-0.1, -0.05) is 26.0 Å². The van der Waals surface area contributed by atoms with Gasteiger partial charge in [0.15, 0.2) is 0 Å². The molecule has 4 heteroatoms. The topological polar surface area (TPSA) is 41.1 Å². The average molecular weight is 292 g/mol. The lowest BCUT2D eigenvalue weighted by atomic mass is 10.1. The van der Waals surface area contributed by atoms with Gasteiger partial charge >= 0.3 is 0 Å². The number of nitrogens with one attached hydrogen (secondary N) is 2. The summed E-state index contributed by atoms with van der Waals surface area (Å²) in [6, 6.07) is 8.76. The van der Waals surface area contributed by atoms with Gasteiger partial charge in [0, 0.05) is 24.2 Å². The minimum Gasteiger partial charge on any atom is -0.326 e. The Bertz CT molecular complexity index is 442. The molecular weight excluding hydrogens is 268 g/mol. The van der Waals surface area contributed by atoms with Crippen LogP contribution in [-0.2, 0) is 11.3 Å². The summed E-state index contributed by atoms with van der Waals surface area (Å²) >= 11 is 2.04. The molecule has 0 unspecified atom stereocenters. The Hall–Kier alpha value is -1.00. The van der Waals surface area contributed by atoms with E-state index in [1.54, 1.807) is 0 Å². The normalized spacial score (nSPS) is 16.4. The van der Waals surface area contributed by atoms with Gasteiger partial charge in [0.05, 0.1) is 0 Å². The van der Waals surface area contributed by atoms with Crippen LogP contribution in [0.5, 0.6) is 0 Å². The molecular formula is C16H24N2OS. The average Bonchev–Trinajstić information content (AvgIpc) is 2.46. The first kappa shape index (κ1) is 15.4. The summed E-state index contributed by atoms with van der Waals surface area (Å²) in [4.78, 5) is 11.7. The van der Waals surface area contributed by atoms with E-state index < -0.39 is 0 Å². The van der Waals surface area contributed by atoms with Crippen molar-refractivity contribution in [2.75, 3.05) is 16.8 Å². The van der Waals surface area contributed by atoms with Crippen LogP contribution >= 0.6 is 11.8 Å². The third-order valence-electron chi connectivity index (χ3n) is 3.54. The molecule has 3 nitrogen and oxygen atoms in total. The van der Waals surface area contributed by atoms with Crippen LogP contribution in [0, 0.1) is 5.92 Å². The fourth-order valence-corrected chi connectivity index (χ4v) is 3.32. The number of carbonyl (C=O) groups is 1. The molecule has 0 aliphatic carbocycles. The Morgan fingerprint density at radius 1 is 1.35 bits per heavy atom. The zero-order valence-electron chi connectivity index (χ0n) is 12.3. The Morgan fingerprint density at radius 3 is 2.80 bits per heavy atom. The quantitative estimate of drug-likeness (QED) is 0.875. The lowest BCUT2D eigenvalue weighted by Crippen LogP contribution is -2.32. The second kappa shape index (κ2) is 7.70. The number of benzene rings is 1. The van der Waals surface area contributed by atoms with Crippen molar-refractivity contribution in [2.45, 2.75) is 39.3 Å². The molecule has 1 aromatic carbocycles. The molecule has 1 heterocycles. The van der Waals surface area contributed by atoms with Crippen LogP contribution in [0.25, 0.3) is 0 Å². The summed E-state index contributed by atoms with van der Waals surface area (Å²) in [5, 5.41) is 6.56. The van der Waals surface area contributed by atoms with Gasteiger partial charge in [0.25, 0.3) is 0 Å². The highest BCUT2D eigenvalue weighted by molar-refractivity contribution is 7.99. The van der Waals surface area contributed by atoms with Crippen molar-refractivity contribution in [1.29, 1.82) is 0 Å². The number of rotatable bonds is 5. The number of thioether (sulfide) groups is 1. The largest absolute Gasteiger partial charge is 0.326 e. The zero-order chi connectivity index (χ0) is 14.4.